The third-order valence-corrected chi connectivity index (χ3v) is 13.4. The van der Waals surface area contributed by atoms with Gasteiger partial charge in [-0.25, -0.2) is 6.07 Å². The van der Waals surface area contributed by atoms with Crippen molar-refractivity contribution < 1.29 is 17.0 Å². The number of rotatable bonds is 3. The van der Waals surface area contributed by atoms with E-state index in [4.69, 9.17) is 0 Å². The molecule has 8 rings (SSSR count). The number of hydrogen-bond acceptors (Lipinski definition) is 8. The Balaban J connectivity index is 0.000000552. The summed E-state index contributed by atoms with van der Waals surface area (Å²) in [7, 11) is 0. The fraction of sp³-hybridized carbons (Fsp3) is 0.0588. The number of hydrogen-bond donors (Lipinski definition) is 0. The summed E-state index contributed by atoms with van der Waals surface area (Å²) in [6.45, 7) is 0. The predicted molar refractivity (Wildman–Crippen MR) is 225 cm³/mol. The van der Waals surface area contributed by atoms with Crippen molar-refractivity contribution in [3.63, 3.8) is 0 Å². The van der Waals surface area contributed by atoms with Crippen LogP contribution in [0.5, 0.6) is 0 Å². The molecule has 0 atom stereocenters. The van der Waals surface area contributed by atoms with Crippen molar-refractivity contribution in [3.8, 4) is 29.3 Å². The van der Waals surface area contributed by atoms with Gasteiger partial charge in [-0.3, -0.25) is 0 Å². The molecule has 0 aliphatic carbocycles. The van der Waals surface area contributed by atoms with Crippen LogP contribution in [0.3, 0.4) is 0 Å². The molecule has 0 N–H and O–H groups in total. The van der Waals surface area contributed by atoms with Gasteiger partial charge >= 0.3 is 23.1 Å². The molecule has 0 spiro atoms. The number of thiophene rings is 8. The summed E-state index contributed by atoms with van der Waals surface area (Å²) < 4.78 is 2.39. The quantitative estimate of drug-likeness (QED) is 0.122. The first kappa shape index (κ1) is 45.8. The van der Waals surface area contributed by atoms with Gasteiger partial charge in [-0.05, 0) is 113 Å². The molecule has 0 aliphatic heterocycles. The SMILES string of the molecule is Brc1ccc(-c2cccs2)s1.Brc1cccs1.C.C.[Br-].[Mg+2].[c-]1cccs1.c1csc(-c2cccs2)c1.c1csc(-c2cccs2)c1. The van der Waals surface area contributed by atoms with Crippen LogP contribution in [0.4, 0.5) is 0 Å². The third kappa shape index (κ3) is 17.5. The van der Waals surface area contributed by atoms with Crippen LogP contribution in [-0.2, 0) is 0 Å². The van der Waals surface area contributed by atoms with Gasteiger partial charge < -0.3 is 28.3 Å². The van der Waals surface area contributed by atoms with E-state index in [0.717, 1.165) is 0 Å². The first-order valence-electron chi connectivity index (χ1n) is 12.2. The third-order valence-electron chi connectivity index (χ3n) is 4.77. The van der Waals surface area contributed by atoms with Crippen LogP contribution in [0.2, 0.25) is 0 Å². The van der Waals surface area contributed by atoms with Crippen LogP contribution in [0.25, 0.3) is 29.3 Å². The minimum atomic E-state index is 0. The Hall–Kier alpha value is -0.194. The molecular formula is C34H31Br3MgS8. The molecule has 0 aromatic carbocycles. The molecule has 0 radical (unpaired) electrons. The molecule has 12 heteroatoms. The second kappa shape index (κ2) is 27.6. The molecule has 46 heavy (non-hydrogen) atoms. The molecule has 0 saturated carbocycles. The van der Waals surface area contributed by atoms with E-state index in [0.29, 0.717) is 0 Å². The minimum Gasteiger partial charge on any atom is -1.00 e. The molecule has 8 heterocycles. The van der Waals surface area contributed by atoms with Crippen molar-refractivity contribution >= 4 is 146 Å². The average Bonchev–Trinajstić information content (AvgIpc) is 3.89. The molecule has 8 aromatic rings. The Bertz CT molecular complexity index is 1520. The Labute approximate surface area is 349 Å². The van der Waals surface area contributed by atoms with Gasteiger partial charge in [0.2, 0.25) is 0 Å². The van der Waals surface area contributed by atoms with Crippen LogP contribution in [-0.4, -0.2) is 23.1 Å². The van der Waals surface area contributed by atoms with Crippen LogP contribution in [0, 0.1) is 5.38 Å². The molecule has 0 amide bonds. The zero-order valence-corrected chi connectivity index (χ0v) is 35.6. The normalized spacial score (nSPS) is 8.83. The van der Waals surface area contributed by atoms with Crippen molar-refractivity contribution in [2.24, 2.45) is 0 Å². The molecule has 0 bridgehead atoms. The van der Waals surface area contributed by atoms with Crippen molar-refractivity contribution in [1.82, 2.24) is 0 Å². The van der Waals surface area contributed by atoms with Gasteiger partial charge in [0.05, 0.1) is 7.57 Å². The van der Waals surface area contributed by atoms with E-state index in [9.17, 15) is 0 Å². The summed E-state index contributed by atoms with van der Waals surface area (Å²) in [4.78, 5) is 8.17. The van der Waals surface area contributed by atoms with Crippen molar-refractivity contribution in [2.75, 3.05) is 0 Å². The summed E-state index contributed by atoms with van der Waals surface area (Å²) in [5, 5.41) is 17.4. The Morgan fingerprint density at radius 2 is 0.804 bits per heavy atom. The summed E-state index contributed by atoms with van der Waals surface area (Å²) in [5.74, 6) is 0. The Kier molecular flexibility index (Phi) is 27.5. The average molecular weight is 960 g/mol. The van der Waals surface area contributed by atoms with Crippen molar-refractivity contribution in [2.45, 2.75) is 14.9 Å². The first-order valence-corrected chi connectivity index (χ1v) is 20.8. The van der Waals surface area contributed by atoms with Gasteiger partial charge in [0.1, 0.15) is 0 Å². The molecule has 0 unspecified atom stereocenters. The van der Waals surface area contributed by atoms with E-state index in [2.05, 4.69) is 137 Å². The minimum absolute atomic E-state index is 0. The molecular weight excluding hydrogens is 929 g/mol. The standard InChI is InChI=1S/C8H5BrS2.2C8H6S2.C4H3BrS.C4H3S.2CH4.BrH.Mg/c9-8-4-3-7(11-8)6-2-1-5-10-6;2*1-3-7(9-5-1)8-4-2-6-10-8;5-4-2-1-3-6-4;1-2-4-5-3-1;;;;/h1-5H;2*1-6H;1-3H;1-3H;2*1H4;1H;/q;;;;-1;;;;+2/p-1. The smallest absolute Gasteiger partial charge is 1.00 e. The maximum Gasteiger partial charge on any atom is 2.00 e. The largest absolute Gasteiger partial charge is 2.00 e. The Morgan fingerprint density at radius 1 is 0.413 bits per heavy atom. The van der Waals surface area contributed by atoms with Gasteiger partial charge in [0, 0.05) is 29.3 Å². The first-order chi connectivity index (χ1) is 20.7. The van der Waals surface area contributed by atoms with E-state index < -0.39 is 0 Å². The number of halogens is 3. The maximum atomic E-state index is 3.44. The fourth-order valence-electron chi connectivity index (χ4n) is 3.00. The predicted octanol–water partition coefficient (Wildman–Crippen LogP) is 13.1. The second-order valence-electron chi connectivity index (χ2n) is 7.64. The summed E-state index contributed by atoms with van der Waals surface area (Å²) >= 11 is 20.7. The molecule has 0 aliphatic rings. The van der Waals surface area contributed by atoms with Gasteiger partial charge in [-0.15, -0.1) is 84.7 Å². The second-order valence-corrected chi connectivity index (χ2v) is 17.9. The van der Waals surface area contributed by atoms with Gasteiger partial charge in [-0.1, -0.05) is 51.3 Å². The molecule has 0 saturated heterocycles. The van der Waals surface area contributed by atoms with E-state index in [1.807, 2.05) is 35.0 Å². The summed E-state index contributed by atoms with van der Waals surface area (Å²) in [6, 6.07) is 33.3. The maximum absolute atomic E-state index is 3.44. The topological polar surface area (TPSA) is 0 Å². The van der Waals surface area contributed by atoms with E-state index in [1.165, 1.54) is 36.8 Å². The zero-order valence-electron chi connectivity index (χ0n) is 22.9. The fourth-order valence-corrected chi connectivity index (χ4v) is 9.69. The Morgan fingerprint density at radius 3 is 1.00 bits per heavy atom. The van der Waals surface area contributed by atoms with Crippen LogP contribution in [0.15, 0.2) is 142 Å². The molecule has 8 aromatic heterocycles. The summed E-state index contributed by atoms with van der Waals surface area (Å²) in [6.07, 6.45) is 0. The molecule has 0 fully saturated rings. The van der Waals surface area contributed by atoms with Crippen LogP contribution >= 0.6 is 123 Å². The molecule has 0 nitrogen and oxygen atoms in total. The zero-order chi connectivity index (χ0) is 29.2. The van der Waals surface area contributed by atoms with E-state index >= 15 is 0 Å². The van der Waals surface area contributed by atoms with Crippen LogP contribution < -0.4 is 17.0 Å². The molecule has 238 valence electrons. The van der Waals surface area contributed by atoms with E-state index in [1.54, 1.807) is 90.7 Å². The van der Waals surface area contributed by atoms with Gasteiger partial charge in [0.25, 0.3) is 0 Å². The van der Waals surface area contributed by atoms with E-state index in [-0.39, 0.29) is 54.9 Å². The monoisotopic (exact) mass is 956 g/mol. The van der Waals surface area contributed by atoms with Gasteiger partial charge in [0.15, 0.2) is 0 Å². The van der Waals surface area contributed by atoms with Crippen molar-refractivity contribution in [3.05, 3.63) is 148 Å². The van der Waals surface area contributed by atoms with Crippen molar-refractivity contribution in [1.29, 1.82) is 0 Å². The summed E-state index contributed by atoms with van der Waals surface area (Å²) in [5.41, 5.74) is 0. The van der Waals surface area contributed by atoms with Crippen LogP contribution in [0.1, 0.15) is 14.9 Å². The van der Waals surface area contributed by atoms with Gasteiger partial charge in [-0.2, -0.15) is 11.4 Å².